The van der Waals surface area contributed by atoms with Gasteiger partial charge in [-0.1, -0.05) is 23.7 Å². The van der Waals surface area contributed by atoms with E-state index in [-0.39, 0.29) is 5.41 Å². The minimum Gasteiger partial charge on any atom is -0.381 e. The van der Waals surface area contributed by atoms with Gasteiger partial charge in [0.2, 0.25) is 5.95 Å². The predicted molar refractivity (Wildman–Crippen MR) is 156 cm³/mol. The van der Waals surface area contributed by atoms with Crippen LogP contribution in [0.25, 0.3) is 0 Å². The number of anilines is 3. The average Bonchev–Trinajstić information content (AvgIpc) is 2.93. The standard InChI is InChI=1S/C28H39ClN6OS/c1-21-8-3-6-15-35(21)25-19-24(34-13-4-2-5-14-34)31-26(32-25)33-27(37)30-20-28(11-16-36-17-12-28)22-9-7-10-23(29)18-22/h7,9-10,18-19,21H,2-6,8,11-17,20H2,1H3,(H2,30,31,32,33,37)/t21-/m0/s1. The van der Waals surface area contributed by atoms with Crippen molar-refractivity contribution in [1.29, 1.82) is 0 Å². The van der Waals surface area contributed by atoms with Crippen LogP contribution in [-0.2, 0) is 10.2 Å². The Morgan fingerprint density at radius 1 is 1.05 bits per heavy atom. The van der Waals surface area contributed by atoms with E-state index in [9.17, 15) is 0 Å². The van der Waals surface area contributed by atoms with Gasteiger partial charge in [0.1, 0.15) is 11.6 Å². The van der Waals surface area contributed by atoms with E-state index in [2.05, 4.69) is 45.6 Å². The largest absolute Gasteiger partial charge is 0.381 e. The molecule has 0 spiro atoms. The molecule has 1 atom stereocenters. The molecule has 3 aliphatic heterocycles. The van der Waals surface area contributed by atoms with E-state index in [0.717, 1.165) is 62.3 Å². The van der Waals surface area contributed by atoms with E-state index in [4.69, 9.17) is 38.5 Å². The van der Waals surface area contributed by atoms with Crippen LogP contribution in [0, 0.1) is 0 Å². The lowest BCUT2D eigenvalue weighted by Gasteiger charge is -2.38. The zero-order valence-corrected chi connectivity index (χ0v) is 23.4. The van der Waals surface area contributed by atoms with Crippen molar-refractivity contribution in [1.82, 2.24) is 15.3 Å². The van der Waals surface area contributed by atoms with Crippen molar-refractivity contribution in [3.05, 3.63) is 40.9 Å². The lowest BCUT2D eigenvalue weighted by molar-refractivity contribution is 0.0515. The third-order valence-corrected chi connectivity index (χ3v) is 8.66. The summed E-state index contributed by atoms with van der Waals surface area (Å²) in [4.78, 5) is 14.7. The van der Waals surface area contributed by atoms with Crippen molar-refractivity contribution in [2.45, 2.75) is 69.7 Å². The lowest BCUT2D eigenvalue weighted by Crippen LogP contribution is -2.45. The Labute approximate surface area is 231 Å². The van der Waals surface area contributed by atoms with Crippen molar-refractivity contribution in [3.63, 3.8) is 0 Å². The Morgan fingerprint density at radius 3 is 2.57 bits per heavy atom. The van der Waals surface area contributed by atoms with E-state index < -0.39 is 0 Å². The average molecular weight is 543 g/mol. The molecular formula is C28H39ClN6OS. The number of nitrogens with zero attached hydrogens (tertiary/aromatic N) is 4. The van der Waals surface area contributed by atoms with Gasteiger partial charge in [0.05, 0.1) is 0 Å². The molecule has 2 aromatic rings. The van der Waals surface area contributed by atoms with Gasteiger partial charge in [0.15, 0.2) is 5.11 Å². The van der Waals surface area contributed by atoms with Crippen molar-refractivity contribution in [2.75, 3.05) is 54.5 Å². The summed E-state index contributed by atoms with van der Waals surface area (Å²) in [5, 5.41) is 8.10. The Morgan fingerprint density at radius 2 is 1.81 bits per heavy atom. The summed E-state index contributed by atoms with van der Waals surface area (Å²) in [7, 11) is 0. The molecule has 0 radical (unpaired) electrons. The predicted octanol–water partition coefficient (Wildman–Crippen LogP) is 5.53. The van der Waals surface area contributed by atoms with Crippen LogP contribution >= 0.6 is 23.8 Å². The molecule has 3 fully saturated rings. The third kappa shape index (κ3) is 6.47. The molecule has 0 aliphatic carbocycles. The summed E-state index contributed by atoms with van der Waals surface area (Å²) in [6.07, 6.45) is 9.21. The third-order valence-electron chi connectivity index (χ3n) is 8.18. The van der Waals surface area contributed by atoms with Crippen LogP contribution in [0.5, 0.6) is 0 Å². The highest BCUT2D eigenvalue weighted by Crippen LogP contribution is 2.35. The monoisotopic (exact) mass is 542 g/mol. The molecule has 200 valence electrons. The maximum atomic E-state index is 6.35. The van der Waals surface area contributed by atoms with Gasteiger partial charge in [-0.15, -0.1) is 0 Å². The Bertz CT molecular complexity index is 1070. The smallest absolute Gasteiger partial charge is 0.232 e. The molecule has 3 saturated heterocycles. The number of nitrogens with one attached hydrogen (secondary N) is 2. The molecule has 1 aromatic heterocycles. The highest BCUT2D eigenvalue weighted by Gasteiger charge is 2.35. The molecule has 0 saturated carbocycles. The minimum atomic E-state index is -0.0835. The fourth-order valence-electron chi connectivity index (χ4n) is 5.89. The SMILES string of the molecule is C[C@H]1CCCCN1c1cc(N2CCCCC2)nc(NC(=S)NCC2(c3cccc(Cl)c3)CCOCC2)n1. The molecular weight excluding hydrogens is 504 g/mol. The number of halogens is 1. The Hall–Kier alpha value is -2.16. The first kappa shape index (κ1) is 26.4. The van der Waals surface area contributed by atoms with Crippen molar-refractivity contribution >= 4 is 46.5 Å². The zero-order valence-electron chi connectivity index (χ0n) is 21.8. The van der Waals surface area contributed by atoms with Gasteiger partial charge in [0.25, 0.3) is 0 Å². The van der Waals surface area contributed by atoms with Crippen LogP contribution in [0.3, 0.4) is 0 Å². The molecule has 0 unspecified atom stereocenters. The Kier molecular flexibility index (Phi) is 8.67. The van der Waals surface area contributed by atoms with Crippen LogP contribution in [-0.4, -0.2) is 60.5 Å². The number of ether oxygens (including phenoxy) is 1. The maximum Gasteiger partial charge on any atom is 0.232 e. The van der Waals surface area contributed by atoms with Crippen LogP contribution < -0.4 is 20.4 Å². The van der Waals surface area contributed by atoms with Crippen LogP contribution in [0.15, 0.2) is 30.3 Å². The number of rotatable bonds is 6. The number of piperidine rings is 2. The summed E-state index contributed by atoms with van der Waals surface area (Å²) < 4.78 is 5.69. The summed E-state index contributed by atoms with van der Waals surface area (Å²) in [5.41, 5.74) is 1.14. The molecule has 2 N–H and O–H groups in total. The number of aromatic nitrogens is 2. The van der Waals surface area contributed by atoms with E-state index in [1.54, 1.807) is 0 Å². The maximum absolute atomic E-state index is 6.35. The molecule has 37 heavy (non-hydrogen) atoms. The number of thiocarbonyl (C=S) groups is 1. The lowest BCUT2D eigenvalue weighted by atomic mass is 9.74. The molecule has 0 bridgehead atoms. The van der Waals surface area contributed by atoms with Gasteiger partial charge in [0, 0.05) is 61.9 Å². The second-order valence-electron chi connectivity index (χ2n) is 10.7. The first-order valence-electron chi connectivity index (χ1n) is 13.8. The quantitative estimate of drug-likeness (QED) is 0.462. The second-order valence-corrected chi connectivity index (χ2v) is 11.5. The van der Waals surface area contributed by atoms with Crippen LogP contribution in [0.4, 0.5) is 17.6 Å². The van der Waals surface area contributed by atoms with Gasteiger partial charge in [-0.2, -0.15) is 9.97 Å². The zero-order chi connectivity index (χ0) is 25.7. The summed E-state index contributed by atoms with van der Waals surface area (Å²) in [6.45, 7) is 7.56. The van der Waals surface area contributed by atoms with Gasteiger partial charge in [-0.25, -0.2) is 0 Å². The van der Waals surface area contributed by atoms with Crippen molar-refractivity contribution in [2.24, 2.45) is 0 Å². The number of benzene rings is 1. The normalized spacial score (nSPS) is 21.9. The van der Waals surface area contributed by atoms with Gasteiger partial charge >= 0.3 is 0 Å². The molecule has 3 aliphatic rings. The van der Waals surface area contributed by atoms with Crippen molar-refractivity contribution in [3.8, 4) is 0 Å². The fourth-order valence-corrected chi connectivity index (χ4v) is 6.25. The summed E-state index contributed by atoms with van der Waals surface area (Å²) >= 11 is 12.1. The van der Waals surface area contributed by atoms with Gasteiger partial charge in [-0.05, 0) is 88.2 Å². The molecule has 0 amide bonds. The second kappa shape index (κ2) is 12.1. The molecule has 9 heteroatoms. The van der Waals surface area contributed by atoms with Gasteiger partial charge < -0.3 is 25.2 Å². The fraction of sp³-hybridized carbons (Fsp3) is 0.607. The molecule has 4 heterocycles. The first-order valence-corrected chi connectivity index (χ1v) is 14.6. The van der Waals surface area contributed by atoms with E-state index in [1.165, 1.54) is 44.1 Å². The Balaban J connectivity index is 1.33. The molecule has 7 nitrogen and oxygen atoms in total. The minimum absolute atomic E-state index is 0.0835. The highest BCUT2D eigenvalue weighted by atomic mass is 35.5. The first-order chi connectivity index (χ1) is 18.0. The van der Waals surface area contributed by atoms with E-state index >= 15 is 0 Å². The van der Waals surface area contributed by atoms with E-state index in [0.29, 0.717) is 23.6 Å². The van der Waals surface area contributed by atoms with Crippen LogP contribution in [0.2, 0.25) is 5.02 Å². The number of hydrogen-bond donors (Lipinski definition) is 2. The molecule has 1 aromatic carbocycles. The summed E-state index contributed by atoms with van der Waals surface area (Å²) in [6, 6.07) is 10.8. The highest BCUT2D eigenvalue weighted by molar-refractivity contribution is 7.80. The van der Waals surface area contributed by atoms with Gasteiger partial charge in [-0.3, -0.25) is 0 Å². The van der Waals surface area contributed by atoms with E-state index in [1.807, 2.05) is 12.1 Å². The number of hydrogen-bond acceptors (Lipinski definition) is 6. The van der Waals surface area contributed by atoms with Crippen LogP contribution in [0.1, 0.15) is 63.9 Å². The summed E-state index contributed by atoms with van der Waals surface area (Å²) in [5.74, 6) is 2.55. The molecule has 5 rings (SSSR count). The van der Waals surface area contributed by atoms with Crippen molar-refractivity contribution < 1.29 is 4.74 Å². The topological polar surface area (TPSA) is 65.5 Å².